The molecular weight excluding hydrogens is 387 g/mol. The van der Waals surface area contributed by atoms with E-state index in [1.165, 1.54) is 6.07 Å². The first kappa shape index (κ1) is 19.7. The molecule has 0 amide bonds. The molecule has 0 atom stereocenters. The van der Waals surface area contributed by atoms with E-state index in [4.69, 9.17) is 25.7 Å². The molecule has 4 aromatic rings. The van der Waals surface area contributed by atoms with Gasteiger partial charge in [-0.15, -0.1) is 0 Å². The average Bonchev–Trinajstić information content (AvgIpc) is 2.74. The summed E-state index contributed by atoms with van der Waals surface area (Å²) in [4.78, 5) is 8.30. The van der Waals surface area contributed by atoms with Gasteiger partial charge in [0, 0.05) is 10.8 Å². The fourth-order valence-electron chi connectivity index (χ4n) is 3.09. The molecule has 0 saturated carbocycles. The van der Waals surface area contributed by atoms with Crippen molar-refractivity contribution in [2.45, 2.75) is 0 Å². The first-order valence-electron chi connectivity index (χ1n) is 9.45. The molecule has 154 valence electrons. The van der Waals surface area contributed by atoms with Gasteiger partial charge in [0.2, 0.25) is 0 Å². The molecule has 0 unspecified atom stereocenters. The van der Waals surface area contributed by atoms with Crippen molar-refractivity contribution in [2.75, 3.05) is 37.9 Å². The maximum absolute atomic E-state index is 13.9. The Morgan fingerprint density at radius 2 is 1.37 bits per heavy atom. The Bertz CT molecular complexity index is 1190. The molecule has 0 spiro atoms. The highest BCUT2D eigenvalue weighted by Gasteiger charge is 2.09. The molecule has 0 aliphatic rings. The van der Waals surface area contributed by atoms with Crippen LogP contribution in [0.25, 0.3) is 21.8 Å². The largest absolute Gasteiger partial charge is 0.490 e. The summed E-state index contributed by atoms with van der Waals surface area (Å²) in [5.41, 5.74) is 12.3. The van der Waals surface area contributed by atoms with E-state index in [0.29, 0.717) is 43.4 Å². The van der Waals surface area contributed by atoms with E-state index >= 15 is 0 Å². The van der Waals surface area contributed by atoms with Crippen LogP contribution in [0.5, 0.6) is 11.5 Å². The fourth-order valence-corrected chi connectivity index (χ4v) is 3.09. The van der Waals surface area contributed by atoms with Crippen LogP contribution in [0.2, 0.25) is 0 Å². The van der Waals surface area contributed by atoms with E-state index in [9.17, 15) is 4.39 Å². The standard InChI is InChI=1S/C22H21FN4O3/c23-16-6-7-19(15-5-9-21(25)27-22(15)16)30-13-11-28-10-12-29-18-3-1-2-17-14(18)4-8-20(24)26-17/h1-9H,10-13H2,(H2,24,26)(H2,25,27). The zero-order valence-electron chi connectivity index (χ0n) is 16.2. The van der Waals surface area contributed by atoms with Crippen LogP contribution < -0.4 is 20.9 Å². The molecule has 2 aromatic carbocycles. The van der Waals surface area contributed by atoms with E-state index in [1.54, 1.807) is 24.3 Å². The van der Waals surface area contributed by atoms with E-state index in [1.807, 2.05) is 24.3 Å². The average molecular weight is 408 g/mol. The van der Waals surface area contributed by atoms with Crippen LogP contribution in [0, 0.1) is 5.82 Å². The smallest absolute Gasteiger partial charge is 0.149 e. The van der Waals surface area contributed by atoms with Crippen LogP contribution in [0.4, 0.5) is 16.0 Å². The second kappa shape index (κ2) is 8.79. The highest BCUT2D eigenvalue weighted by Crippen LogP contribution is 2.27. The lowest BCUT2D eigenvalue weighted by atomic mass is 10.2. The van der Waals surface area contributed by atoms with Crippen molar-refractivity contribution in [3.8, 4) is 11.5 Å². The minimum Gasteiger partial charge on any atom is -0.490 e. The normalized spacial score (nSPS) is 11.1. The number of hydrogen-bond acceptors (Lipinski definition) is 7. The molecule has 4 rings (SSSR count). The van der Waals surface area contributed by atoms with Gasteiger partial charge in [-0.25, -0.2) is 14.4 Å². The number of anilines is 2. The van der Waals surface area contributed by atoms with Gasteiger partial charge in [0.25, 0.3) is 0 Å². The number of benzene rings is 2. The second-order valence-corrected chi connectivity index (χ2v) is 6.55. The Labute approximate surface area is 172 Å². The summed E-state index contributed by atoms with van der Waals surface area (Å²) < 4.78 is 31.0. The third-order valence-electron chi connectivity index (χ3n) is 4.47. The van der Waals surface area contributed by atoms with Gasteiger partial charge in [-0.05, 0) is 48.5 Å². The second-order valence-electron chi connectivity index (χ2n) is 6.55. The van der Waals surface area contributed by atoms with Gasteiger partial charge in [0.15, 0.2) is 0 Å². The van der Waals surface area contributed by atoms with Crippen molar-refractivity contribution in [1.82, 2.24) is 9.97 Å². The highest BCUT2D eigenvalue weighted by atomic mass is 19.1. The third-order valence-corrected chi connectivity index (χ3v) is 4.47. The van der Waals surface area contributed by atoms with E-state index in [-0.39, 0.29) is 11.3 Å². The van der Waals surface area contributed by atoms with Gasteiger partial charge in [0.1, 0.15) is 47.7 Å². The van der Waals surface area contributed by atoms with Crippen molar-refractivity contribution in [3.63, 3.8) is 0 Å². The van der Waals surface area contributed by atoms with E-state index in [0.717, 1.165) is 16.7 Å². The van der Waals surface area contributed by atoms with Crippen molar-refractivity contribution in [3.05, 3.63) is 60.4 Å². The Hall–Kier alpha value is -3.65. The lowest BCUT2D eigenvalue weighted by molar-refractivity contribution is 0.0771. The summed E-state index contributed by atoms with van der Waals surface area (Å²) in [6, 6.07) is 15.4. The van der Waals surface area contributed by atoms with Gasteiger partial charge >= 0.3 is 0 Å². The van der Waals surface area contributed by atoms with Crippen LogP contribution in [-0.2, 0) is 4.74 Å². The Morgan fingerprint density at radius 3 is 2.13 bits per heavy atom. The summed E-state index contributed by atoms with van der Waals surface area (Å²) in [7, 11) is 0. The predicted octanol–water partition coefficient (Wildman–Crippen LogP) is 3.56. The predicted molar refractivity (Wildman–Crippen MR) is 114 cm³/mol. The number of ether oxygens (including phenoxy) is 3. The molecule has 0 aliphatic heterocycles. The molecule has 0 fully saturated rings. The van der Waals surface area contributed by atoms with Gasteiger partial charge in [-0.3, -0.25) is 0 Å². The maximum Gasteiger partial charge on any atom is 0.149 e. The minimum absolute atomic E-state index is 0.188. The lowest BCUT2D eigenvalue weighted by Gasteiger charge is -2.11. The zero-order chi connectivity index (χ0) is 20.9. The number of nitrogens with zero attached hydrogens (tertiary/aromatic N) is 2. The molecule has 0 radical (unpaired) electrons. The van der Waals surface area contributed by atoms with Crippen LogP contribution in [0.15, 0.2) is 54.6 Å². The molecule has 0 saturated heterocycles. The number of fused-ring (bicyclic) bond motifs is 2. The third kappa shape index (κ3) is 4.33. The highest BCUT2D eigenvalue weighted by molar-refractivity contribution is 5.87. The topological polar surface area (TPSA) is 106 Å². The molecular formula is C22H21FN4O3. The van der Waals surface area contributed by atoms with Crippen molar-refractivity contribution in [1.29, 1.82) is 0 Å². The molecule has 30 heavy (non-hydrogen) atoms. The number of pyridine rings is 2. The van der Waals surface area contributed by atoms with Crippen LogP contribution in [0.1, 0.15) is 0 Å². The Balaban J connectivity index is 1.25. The molecule has 0 aliphatic carbocycles. The van der Waals surface area contributed by atoms with Crippen LogP contribution in [0.3, 0.4) is 0 Å². The number of halogens is 1. The van der Waals surface area contributed by atoms with Crippen LogP contribution in [-0.4, -0.2) is 36.4 Å². The summed E-state index contributed by atoms with van der Waals surface area (Å²) in [5, 5.41) is 1.46. The van der Waals surface area contributed by atoms with Gasteiger partial charge in [0.05, 0.1) is 18.7 Å². The summed E-state index contributed by atoms with van der Waals surface area (Å²) in [6.45, 7) is 1.44. The molecule has 2 heterocycles. The SMILES string of the molecule is Nc1ccc2c(OCCOCCOc3ccc(F)c4nc(N)ccc34)cccc2n1. The number of hydrogen-bond donors (Lipinski definition) is 2. The van der Waals surface area contributed by atoms with Crippen molar-refractivity contribution >= 4 is 33.4 Å². The van der Waals surface area contributed by atoms with Gasteiger partial charge in [-0.1, -0.05) is 6.07 Å². The van der Waals surface area contributed by atoms with Crippen molar-refractivity contribution < 1.29 is 18.6 Å². The maximum atomic E-state index is 13.9. The van der Waals surface area contributed by atoms with E-state index < -0.39 is 5.82 Å². The Kier molecular flexibility index (Phi) is 5.76. The monoisotopic (exact) mass is 408 g/mol. The lowest BCUT2D eigenvalue weighted by Crippen LogP contribution is -2.12. The quantitative estimate of drug-likeness (QED) is 0.429. The van der Waals surface area contributed by atoms with Gasteiger partial charge in [-0.2, -0.15) is 0 Å². The number of rotatable bonds is 8. The number of aromatic nitrogens is 2. The summed E-state index contributed by atoms with van der Waals surface area (Å²) in [6.07, 6.45) is 0. The zero-order valence-corrected chi connectivity index (χ0v) is 16.2. The molecule has 4 N–H and O–H groups in total. The fraction of sp³-hybridized carbons (Fsp3) is 0.182. The summed E-state index contributed by atoms with van der Waals surface area (Å²) in [5.74, 6) is 1.54. The minimum atomic E-state index is -0.440. The number of nitrogen functional groups attached to an aromatic ring is 2. The molecule has 8 heteroatoms. The first-order chi connectivity index (χ1) is 14.6. The number of nitrogens with two attached hydrogens (primary N) is 2. The molecule has 0 bridgehead atoms. The van der Waals surface area contributed by atoms with Crippen LogP contribution >= 0.6 is 0 Å². The molecule has 2 aromatic heterocycles. The molecule has 7 nitrogen and oxygen atoms in total. The summed E-state index contributed by atoms with van der Waals surface area (Å²) >= 11 is 0. The van der Waals surface area contributed by atoms with Gasteiger partial charge < -0.3 is 25.7 Å². The van der Waals surface area contributed by atoms with Crippen molar-refractivity contribution in [2.24, 2.45) is 0 Å². The first-order valence-corrected chi connectivity index (χ1v) is 9.45. The Morgan fingerprint density at radius 1 is 0.700 bits per heavy atom. The van der Waals surface area contributed by atoms with E-state index in [2.05, 4.69) is 9.97 Å².